The molecule has 0 unspecified atom stereocenters. The average Bonchev–Trinajstić information content (AvgIpc) is 2.48. The number of hydrogen-bond acceptors (Lipinski definition) is 3. The fourth-order valence-corrected chi connectivity index (χ4v) is 1.68. The van der Waals surface area contributed by atoms with Gasteiger partial charge in [0.05, 0.1) is 13.2 Å². The van der Waals surface area contributed by atoms with Crippen LogP contribution in [0.15, 0.2) is 23.3 Å². The van der Waals surface area contributed by atoms with Gasteiger partial charge in [0, 0.05) is 24.8 Å². The second-order valence-corrected chi connectivity index (χ2v) is 5.29. The fourth-order valence-electron chi connectivity index (χ4n) is 1.68. The van der Waals surface area contributed by atoms with Gasteiger partial charge in [-0.25, -0.2) is 9.98 Å². The number of hydrogen-bond donors (Lipinski definition) is 2. The topological polar surface area (TPSA) is 58.5 Å². The van der Waals surface area contributed by atoms with Gasteiger partial charge >= 0.3 is 0 Å². The molecule has 1 rings (SSSR count). The number of aliphatic imine (C=N–C) groups is 1. The highest BCUT2D eigenvalue weighted by molar-refractivity contribution is 5.79. The van der Waals surface area contributed by atoms with E-state index in [-0.39, 0.29) is 0 Å². The van der Waals surface area contributed by atoms with Crippen molar-refractivity contribution in [2.75, 3.05) is 19.7 Å². The van der Waals surface area contributed by atoms with Crippen LogP contribution in [0, 0.1) is 5.92 Å². The van der Waals surface area contributed by atoms with Gasteiger partial charge in [-0.15, -0.1) is 0 Å². The molecular weight excluding hydrogens is 264 g/mol. The molecule has 0 bridgehead atoms. The van der Waals surface area contributed by atoms with Gasteiger partial charge in [0.2, 0.25) is 5.88 Å². The molecule has 0 amide bonds. The summed E-state index contributed by atoms with van der Waals surface area (Å²) < 4.78 is 5.66. The van der Waals surface area contributed by atoms with Crippen LogP contribution in [0.4, 0.5) is 0 Å². The Morgan fingerprint density at radius 3 is 2.81 bits per heavy atom. The Bertz CT molecular complexity index is 432. The van der Waals surface area contributed by atoms with E-state index in [4.69, 9.17) is 4.74 Å². The number of pyridine rings is 1. The molecule has 1 heterocycles. The predicted molar refractivity (Wildman–Crippen MR) is 87.7 cm³/mol. The SMILES string of the molecule is CCCOc1ncccc1CN=C(NCC)NCC(C)C. The van der Waals surface area contributed by atoms with Gasteiger partial charge in [0.1, 0.15) is 0 Å². The van der Waals surface area contributed by atoms with E-state index in [2.05, 4.69) is 48.3 Å². The molecule has 0 atom stereocenters. The van der Waals surface area contributed by atoms with E-state index < -0.39 is 0 Å². The molecule has 0 aliphatic carbocycles. The molecule has 0 aliphatic rings. The standard InChI is InChI=1S/C16H28N4O/c1-5-10-21-15-14(8-7-9-18-15)12-20-16(17-6-2)19-11-13(3)4/h7-9,13H,5-6,10-12H2,1-4H3,(H2,17,19,20). The maximum absolute atomic E-state index is 5.66. The van der Waals surface area contributed by atoms with Crippen molar-refractivity contribution in [2.24, 2.45) is 10.9 Å². The molecule has 0 aliphatic heterocycles. The first-order valence-corrected chi connectivity index (χ1v) is 7.76. The number of aromatic nitrogens is 1. The highest BCUT2D eigenvalue weighted by Crippen LogP contribution is 2.15. The Balaban J connectivity index is 2.70. The Labute approximate surface area is 128 Å². The predicted octanol–water partition coefficient (Wildman–Crippen LogP) is 2.58. The van der Waals surface area contributed by atoms with Crippen molar-refractivity contribution in [3.8, 4) is 5.88 Å². The molecule has 0 fully saturated rings. The molecule has 2 N–H and O–H groups in total. The van der Waals surface area contributed by atoms with Gasteiger partial charge in [0.15, 0.2) is 5.96 Å². The van der Waals surface area contributed by atoms with E-state index >= 15 is 0 Å². The molecule has 0 radical (unpaired) electrons. The largest absolute Gasteiger partial charge is 0.477 e. The first-order valence-electron chi connectivity index (χ1n) is 7.76. The summed E-state index contributed by atoms with van der Waals surface area (Å²) >= 11 is 0. The van der Waals surface area contributed by atoms with Crippen molar-refractivity contribution in [3.63, 3.8) is 0 Å². The van der Waals surface area contributed by atoms with Gasteiger partial charge in [-0.2, -0.15) is 0 Å². The zero-order valence-electron chi connectivity index (χ0n) is 13.6. The second kappa shape index (κ2) is 10.0. The molecule has 0 spiro atoms. The number of nitrogens with zero attached hydrogens (tertiary/aromatic N) is 2. The van der Waals surface area contributed by atoms with Crippen LogP contribution in [0.1, 0.15) is 39.7 Å². The van der Waals surface area contributed by atoms with Gasteiger partial charge in [0.25, 0.3) is 0 Å². The lowest BCUT2D eigenvalue weighted by Crippen LogP contribution is -2.39. The average molecular weight is 292 g/mol. The third kappa shape index (κ3) is 6.97. The summed E-state index contributed by atoms with van der Waals surface area (Å²) in [6.07, 6.45) is 2.72. The minimum absolute atomic E-state index is 0.556. The van der Waals surface area contributed by atoms with E-state index in [1.54, 1.807) is 6.20 Å². The first kappa shape index (κ1) is 17.3. The Kier molecular flexibility index (Phi) is 8.24. The van der Waals surface area contributed by atoms with Crippen LogP contribution < -0.4 is 15.4 Å². The number of rotatable bonds is 8. The Hall–Kier alpha value is -1.78. The van der Waals surface area contributed by atoms with Gasteiger partial charge < -0.3 is 15.4 Å². The van der Waals surface area contributed by atoms with E-state index in [1.807, 2.05) is 12.1 Å². The number of ether oxygens (including phenoxy) is 1. The number of guanidine groups is 1. The van der Waals surface area contributed by atoms with Crippen molar-refractivity contribution < 1.29 is 4.74 Å². The van der Waals surface area contributed by atoms with Gasteiger partial charge in [-0.05, 0) is 25.3 Å². The third-order valence-corrected chi connectivity index (χ3v) is 2.72. The zero-order valence-corrected chi connectivity index (χ0v) is 13.6. The maximum Gasteiger partial charge on any atom is 0.218 e. The molecule has 118 valence electrons. The van der Waals surface area contributed by atoms with E-state index in [0.29, 0.717) is 24.9 Å². The summed E-state index contributed by atoms with van der Waals surface area (Å²) in [6.45, 7) is 11.5. The highest BCUT2D eigenvalue weighted by atomic mass is 16.5. The Morgan fingerprint density at radius 1 is 1.33 bits per heavy atom. The summed E-state index contributed by atoms with van der Waals surface area (Å²) in [5.41, 5.74) is 1.01. The monoisotopic (exact) mass is 292 g/mol. The minimum atomic E-state index is 0.556. The van der Waals surface area contributed by atoms with Crippen molar-refractivity contribution in [2.45, 2.75) is 40.7 Å². The first-order chi connectivity index (χ1) is 10.2. The van der Waals surface area contributed by atoms with Crippen molar-refractivity contribution in [1.82, 2.24) is 15.6 Å². The third-order valence-electron chi connectivity index (χ3n) is 2.72. The number of nitrogens with one attached hydrogen (secondary N) is 2. The smallest absolute Gasteiger partial charge is 0.218 e. The summed E-state index contributed by atoms with van der Waals surface area (Å²) in [4.78, 5) is 8.88. The lowest BCUT2D eigenvalue weighted by Gasteiger charge is -2.13. The lowest BCUT2D eigenvalue weighted by molar-refractivity contribution is 0.302. The minimum Gasteiger partial charge on any atom is -0.477 e. The highest BCUT2D eigenvalue weighted by Gasteiger charge is 2.05. The zero-order chi connectivity index (χ0) is 15.5. The van der Waals surface area contributed by atoms with Crippen LogP contribution in [0.3, 0.4) is 0 Å². The second-order valence-electron chi connectivity index (χ2n) is 5.29. The van der Waals surface area contributed by atoms with Gasteiger partial charge in [-0.3, -0.25) is 0 Å². The molecule has 0 aromatic carbocycles. The normalized spacial score (nSPS) is 11.6. The van der Waals surface area contributed by atoms with E-state index in [0.717, 1.165) is 31.0 Å². The molecule has 1 aromatic rings. The molecule has 5 nitrogen and oxygen atoms in total. The molecule has 0 saturated heterocycles. The molecule has 21 heavy (non-hydrogen) atoms. The van der Waals surface area contributed by atoms with Crippen LogP contribution >= 0.6 is 0 Å². The van der Waals surface area contributed by atoms with Crippen molar-refractivity contribution in [1.29, 1.82) is 0 Å². The van der Waals surface area contributed by atoms with E-state index in [9.17, 15) is 0 Å². The van der Waals surface area contributed by atoms with Crippen LogP contribution in [-0.4, -0.2) is 30.6 Å². The van der Waals surface area contributed by atoms with Crippen LogP contribution in [0.25, 0.3) is 0 Å². The maximum atomic E-state index is 5.66. The van der Waals surface area contributed by atoms with Crippen LogP contribution in [-0.2, 0) is 6.54 Å². The summed E-state index contributed by atoms with van der Waals surface area (Å²) in [5.74, 6) is 2.09. The fraction of sp³-hybridized carbons (Fsp3) is 0.625. The molecular formula is C16H28N4O. The van der Waals surface area contributed by atoms with Crippen LogP contribution in [0.5, 0.6) is 5.88 Å². The summed E-state index contributed by atoms with van der Waals surface area (Å²) in [5, 5.41) is 6.58. The van der Waals surface area contributed by atoms with Crippen LogP contribution in [0.2, 0.25) is 0 Å². The molecule has 0 saturated carbocycles. The van der Waals surface area contributed by atoms with E-state index in [1.165, 1.54) is 0 Å². The van der Waals surface area contributed by atoms with Crippen molar-refractivity contribution in [3.05, 3.63) is 23.9 Å². The lowest BCUT2D eigenvalue weighted by atomic mass is 10.2. The Morgan fingerprint density at radius 2 is 2.14 bits per heavy atom. The molecule has 1 aromatic heterocycles. The summed E-state index contributed by atoms with van der Waals surface area (Å²) in [6, 6.07) is 3.92. The summed E-state index contributed by atoms with van der Waals surface area (Å²) in [7, 11) is 0. The van der Waals surface area contributed by atoms with Gasteiger partial charge in [-0.1, -0.05) is 26.8 Å². The molecule has 5 heteroatoms. The quantitative estimate of drug-likeness (QED) is 0.571. The van der Waals surface area contributed by atoms with Crippen molar-refractivity contribution >= 4 is 5.96 Å².